The van der Waals surface area contributed by atoms with Crippen LogP contribution in [0.5, 0.6) is 6.01 Å². The fraction of sp³-hybridized carbons (Fsp3) is 0.542. The lowest BCUT2D eigenvalue weighted by Gasteiger charge is -2.30. The molecule has 3 heterocycles. The van der Waals surface area contributed by atoms with Gasteiger partial charge in [0.05, 0.1) is 25.9 Å². The maximum absolute atomic E-state index is 12.7. The quantitative estimate of drug-likeness (QED) is 0.404. The van der Waals surface area contributed by atoms with Crippen LogP contribution in [0.3, 0.4) is 0 Å². The van der Waals surface area contributed by atoms with Crippen LogP contribution in [0.2, 0.25) is 0 Å². The van der Waals surface area contributed by atoms with E-state index >= 15 is 0 Å². The summed E-state index contributed by atoms with van der Waals surface area (Å²) in [4.78, 5) is 25.4. The Kier molecular flexibility index (Phi) is 8.79. The number of benzene rings is 1. The first-order valence-corrected chi connectivity index (χ1v) is 14.2. The van der Waals surface area contributed by atoms with Gasteiger partial charge < -0.3 is 29.7 Å². The molecule has 1 amide bonds. The summed E-state index contributed by atoms with van der Waals surface area (Å²) in [6, 6.07) is 8.43. The van der Waals surface area contributed by atoms with Crippen molar-refractivity contribution >= 4 is 30.8 Å². The Labute approximate surface area is 211 Å². The lowest BCUT2D eigenvalue weighted by molar-refractivity contribution is -0.115. The number of hydrogen-bond donors (Lipinski definition) is 2. The number of anilines is 3. The van der Waals surface area contributed by atoms with E-state index in [-0.39, 0.29) is 50.3 Å². The van der Waals surface area contributed by atoms with Crippen LogP contribution in [0.4, 0.5) is 17.3 Å². The van der Waals surface area contributed by atoms with Gasteiger partial charge in [0.2, 0.25) is 5.91 Å². The van der Waals surface area contributed by atoms with Crippen LogP contribution in [0.1, 0.15) is 37.8 Å². The molecule has 0 saturated carbocycles. The van der Waals surface area contributed by atoms with Crippen molar-refractivity contribution in [2.75, 3.05) is 61.6 Å². The number of nitrogens with one attached hydrogen (secondary N) is 1. The SMILES string of the molecule is CCOP(=O)(CCOc1nc(N)c2c(n1)N(Cc1cccc(CN3CCCC3)c1)CC(=O)N2)OCC. The number of amides is 1. The smallest absolute Gasteiger partial charge is 0.334 e. The Hall–Kier alpha value is -2.72. The van der Waals surface area contributed by atoms with E-state index in [9.17, 15) is 9.36 Å². The highest BCUT2D eigenvalue weighted by molar-refractivity contribution is 7.53. The minimum atomic E-state index is -3.26. The molecule has 36 heavy (non-hydrogen) atoms. The third-order valence-electron chi connectivity index (χ3n) is 6.01. The molecule has 0 unspecified atom stereocenters. The molecule has 0 radical (unpaired) electrons. The lowest BCUT2D eigenvalue weighted by Crippen LogP contribution is -2.39. The second-order valence-electron chi connectivity index (χ2n) is 8.82. The highest BCUT2D eigenvalue weighted by Crippen LogP contribution is 2.47. The third-order valence-corrected chi connectivity index (χ3v) is 8.05. The summed E-state index contributed by atoms with van der Waals surface area (Å²) >= 11 is 0. The summed E-state index contributed by atoms with van der Waals surface area (Å²) in [6.07, 6.45) is 2.55. The van der Waals surface area contributed by atoms with Gasteiger partial charge in [0.1, 0.15) is 12.3 Å². The minimum absolute atomic E-state index is 0.0282. The van der Waals surface area contributed by atoms with Crippen molar-refractivity contribution in [3.05, 3.63) is 35.4 Å². The molecule has 1 aromatic heterocycles. The zero-order valence-electron chi connectivity index (χ0n) is 20.9. The average Bonchev–Trinajstić information content (AvgIpc) is 3.33. The van der Waals surface area contributed by atoms with Crippen LogP contribution in [0.25, 0.3) is 0 Å². The number of nitrogens with two attached hydrogens (primary N) is 1. The van der Waals surface area contributed by atoms with E-state index in [0.29, 0.717) is 18.1 Å². The number of ether oxygens (including phenoxy) is 1. The number of hydrogen-bond acceptors (Lipinski definition) is 10. The van der Waals surface area contributed by atoms with Crippen molar-refractivity contribution < 1.29 is 23.1 Å². The molecule has 1 fully saturated rings. The molecule has 4 rings (SSSR count). The van der Waals surface area contributed by atoms with Crippen molar-refractivity contribution in [3.8, 4) is 6.01 Å². The summed E-state index contributed by atoms with van der Waals surface area (Å²) in [6.45, 7) is 7.88. The number of nitrogens with zero attached hydrogens (tertiary/aromatic N) is 4. The minimum Gasteiger partial charge on any atom is -0.463 e. The summed E-state index contributed by atoms with van der Waals surface area (Å²) in [5.41, 5.74) is 8.82. The summed E-state index contributed by atoms with van der Waals surface area (Å²) in [5, 5.41) is 2.77. The number of aromatic nitrogens is 2. The Morgan fingerprint density at radius 3 is 2.47 bits per heavy atom. The lowest BCUT2D eigenvalue weighted by atomic mass is 10.1. The van der Waals surface area contributed by atoms with E-state index in [1.807, 2.05) is 17.0 Å². The van der Waals surface area contributed by atoms with E-state index in [2.05, 4.69) is 32.3 Å². The first-order valence-electron chi connectivity index (χ1n) is 12.4. The Morgan fingerprint density at radius 2 is 1.78 bits per heavy atom. The summed E-state index contributed by atoms with van der Waals surface area (Å²) in [7, 11) is -3.26. The predicted octanol–water partition coefficient (Wildman–Crippen LogP) is 3.26. The van der Waals surface area contributed by atoms with Gasteiger partial charge in [-0.2, -0.15) is 9.97 Å². The summed E-state index contributed by atoms with van der Waals surface area (Å²) in [5.74, 6) is 0.405. The maximum Gasteiger partial charge on any atom is 0.334 e. The third kappa shape index (κ3) is 6.73. The Balaban J connectivity index is 1.48. The number of carbonyl (C=O) groups is 1. The molecular formula is C24H35N6O5P. The molecule has 3 N–H and O–H groups in total. The Morgan fingerprint density at radius 1 is 1.08 bits per heavy atom. The van der Waals surface area contributed by atoms with E-state index in [0.717, 1.165) is 25.2 Å². The topological polar surface area (TPSA) is 132 Å². The molecule has 0 spiro atoms. The predicted molar refractivity (Wildman–Crippen MR) is 138 cm³/mol. The number of rotatable bonds is 12. The first kappa shape index (κ1) is 26.3. The van der Waals surface area contributed by atoms with E-state index in [4.69, 9.17) is 19.5 Å². The van der Waals surface area contributed by atoms with Crippen molar-refractivity contribution in [3.63, 3.8) is 0 Å². The van der Waals surface area contributed by atoms with Crippen molar-refractivity contribution in [1.29, 1.82) is 0 Å². The fourth-order valence-corrected chi connectivity index (χ4v) is 5.90. The second kappa shape index (κ2) is 12.0. The number of carbonyl (C=O) groups excluding carboxylic acids is 1. The van der Waals surface area contributed by atoms with Gasteiger partial charge in [-0.1, -0.05) is 24.3 Å². The van der Waals surface area contributed by atoms with Crippen molar-refractivity contribution in [2.24, 2.45) is 0 Å². The zero-order valence-corrected chi connectivity index (χ0v) is 21.8. The molecule has 2 aliphatic rings. The van der Waals surface area contributed by atoms with Gasteiger partial charge >= 0.3 is 13.6 Å². The largest absolute Gasteiger partial charge is 0.463 e. The molecule has 1 aromatic carbocycles. The van der Waals surface area contributed by atoms with Gasteiger partial charge in [-0.05, 0) is 50.9 Å². The summed E-state index contributed by atoms with van der Waals surface area (Å²) < 4.78 is 29.0. The average molecular weight is 519 g/mol. The van der Waals surface area contributed by atoms with Crippen LogP contribution in [0.15, 0.2) is 24.3 Å². The van der Waals surface area contributed by atoms with E-state index in [1.165, 1.54) is 18.4 Å². The molecule has 12 heteroatoms. The molecule has 196 valence electrons. The van der Waals surface area contributed by atoms with Crippen LogP contribution in [0, 0.1) is 0 Å². The number of likely N-dealkylation sites (tertiary alicyclic amines) is 1. The first-order chi connectivity index (χ1) is 17.4. The standard InChI is InChI=1S/C24H35N6O5P/c1-3-34-36(32,35-4-2)13-12-33-24-27-22(25)21-23(28-24)30(17-20(31)26-21)16-19-9-7-8-18(14-19)15-29-10-5-6-11-29/h7-9,14H,3-6,10-13,15-17H2,1-2H3,(H,26,31)(H2,25,27,28). The molecule has 11 nitrogen and oxygen atoms in total. The molecule has 0 atom stereocenters. The van der Waals surface area contributed by atoms with Crippen LogP contribution in [-0.4, -0.2) is 66.4 Å². The number of fused-ring (bicyclic) bond motifs is 1. The van der Waals surface area contributed by atoms with Crippen LogP contribution >= 0.6 is 7.60 Å². The second-order valence-corrected chi connectivity index (χ2v) is 11.0. The Bertz CT molecular complexity index is 1100. The van der Waals surface area contributed by atoms with Gasteiger partial charge in [-0.3, -0.25) is 14.3 Å². The molecule has 2 aliphatic heterocycles. The highest BCUT2D eigenvalue weighted by Gasteiger charge is 2.28. The maximum atomic E-state index is 12.7. The molecule has 0 aliphatic carbocycles. The van der Waals surface area contributed by atoms with E-state index in [1.54, 1.807) is 13.8 Å². The zero-order chi connectivity index (χ0) is 25.5. The van der Waals surface area contributed by atoms with Crippen molar-refractivity contribution in [2.45, 2.75) is 39.8 Å². The number of nitrogen functional groups attached to an aromatic ring is 1. The highest BCUT2D eigenvalue weighted by atomic mass is 31.2. The molecule has 0 bridgehead atoms. The molecular weight excluding hydrogens is 483 g/mol. The van der Waals surface area contributed by atoms with E-state index < -0.39 is 7.60 Å². The van der Waals surface area contributed by atoms with Gasteiger partial charge in [0.25, 0.3) is 0 Å². The monoisotopic (exact) mass is 518 g/mol. The molecule has 1 saturated heterocycles. The van der Waals surface area contributed by atoms with Gasteiger partial charge in [0.15, 0.2) is 11.6 Å². The molecule has 2 aromatic rings. The van der Waals surface area contributed by atoms with Gasteiger partial charge in [-0.25, -0.2) is 0 Å². The normalized spacial score (nSPS) is 16.2. The van der Waals surface area contributed by atoms with Crippen LogP contribution in [-0.2, 0) is 31.5 Å². The van der Waals surface area contributed by atoms with Crippen LogP contribution < -0.4 is 20.7 Å². The van der Waals surface area contributed by atoms with Gasteiger partial charge in [0, 0.05) is 13.1 Å². The fourth-order valence-electron chi connectivity index (χ4n) is 4.47. The van der Waals surface area contributed by atoms with Gasteiger partial charge in [-0.15, -0.1) is 0 Å². The van der Waals surface area contributed by atoms with Crippen molar-refractivity contribution in [1.82, 2.24) is 14.9 Å².